The summed E-state index contributed by atoms with van der Waals surface area (Å²) in [6, 6.07) is 20.8. The number of hydrogen-bond acceptors (Lipinski definition) is 6. The van der Waals surface area contributed by atoms with Crippen LogP contribution in [0.5, 0.6) is 11.5 Å². The summed E-state index contributed by atoms with van der Waals surface area (Å²) < 4.78 is 38.0. The van der Waals surface area contributed by atoms with Gasteiger partial charge in [-0.1, -0.05) is 61.5 Å². The molecule has 0 aliphatic carbocycles. The highest BCUT2D eigenvalue weighted by atomic mass is 32.2. The average molecular weight is 596 g/mol. The summed E-state index contributed by atoms with van der Waals surface area (Å²) in [4.78, 5) is 29.6. The SMILES string of the molecule is CC[C@H](C)NC(=O)[C@H](Cc1ccccc1)N(Cc1ccccc1C)C(=O)CN(c1cc(OC)ccc1OC)S(C)(=O)=O. The van der Waals surface area contributed by atoms with Crippen LogP contribution in [0.2, 0.25) is 0 Å². The third kappa shape index (κ3) is 8.48. The smallest absolute Gasteiger partial charge is 0.244 e. The van der Waals surface area contributed by atoms with Crippen LogP contribution in [-0.4, -0.2) is 64.2 Å². The lowest BCUT2D eigenvalue weighted by Crippen LogP contribution is -2.54. The maximum atomic E-state index is 14.3. The van der Waals surface area contributed by atoms with Crippen LogP contribution >= 0.6 is 0 Å². The molecule has 0 aromatic heterocycles. The van der Waals surface area contributed by atoms with E-state index >= 15 is 0 Å². The molecule has 3 rings (SSSR count). The fraction of sp³-hybridized carbons (Fsp3) is 0.375. The Hall–Kier alpha value is -4.05. The summed E-state index contributed by atoms with van der Waals surface area (Å²) in [7, 11) is -1.07. The summed E-state index contributed by atoms with van der Waals surface area (Å²) in [6.07, 6.45) is 2.00. The summed E-state index contributed by atoms with van der Waals surface area (Å²) in [5, 5.41) is 3.03. The molecule has 10 heteroatoms. The molecule has 0 spiro atoms. The zero-order valence-electron chi connectivity index (χ0n) is 25.2. The number of carbonyl (C=O) groups excluding carboxylic acids is 2. The second-order valence-electron chi connectivity index (χ2n) is 10.3. The van der Waals surface area contributed by atoms with Crippen LogP contribution < -0.4 is 19.1 Å². The molecule has 0 aliphatic heterocycles. The Balaban J connectivity index is 2.12. The number of anilines is 1. The molecule has 0 fully saturated rings. The Morgan fingerprint density at radius 1 is 0.952 bits per heavy atom. The maximum absolute atomic E-state index is 14.3. The number of rotatable bonds is 14. The number of ether oxygens (including phenoxy) is 2. The molecule has 0 unspecified atom stereocenters. The van der Waals surface area contributed by atoms with Crippen molar-refractivity contribution in [2.45, 2.75) is 52.2 Å². The first kappa shape index (κ1) is 32.5. The van der Waals surface area contributed by atoms with E-state index in [-0.39, 0.29) is 36.4 Å². The van der Waals surface area contributed by atoms with Crippen molar-refractivity contribution >= 4 is 27.5 Å². The van der Waals surface area contributed by atoms with Gasteiger partial charge in [-0.15, -0.1) is 0 Å². The lowest BCUT2D eigenvalue weighted by atomic mass is 10.0. The van der Waals surface area contributed by atoms with Gasteiger partial charge >= 0.3 is 0 Å². The number of carbonyl (C=O) groups is 2. The number of sulfonamides is 1. The molecular weight excluding hydrogens is 554 g/mol. The molecule has 9 nitrogen and oxygen atoms in total. The molecule has 0 saturated heterocycles. The Morgan fingerprint density at radius 3 is 2.21 bits per heavy atom. The topological polar surface area (TPSA) is 105 Å². The highest BCUT2D eigenvalue weighted by molar-refractivity contribution is 7.92. The minimum Gasteiger partial charge on any atom is -0.497 e. The second-order valence-corrected chi connectivity index (χ2v) is 12.2. The van der Waals surface area contributed by atoms with Crippen LogP contribution in [0.15, 0.2) is 72.8 Å². The van der Waals surface area contributed by atoms with E-state index in [0.29, 0.717) is 12.2 Å². The van der Waals surface area contributed by atoms with Gasteiger partial charge in [-0.25, -0.2) is 8.42 Å². The van der Waals surface area contributed by atoms with Gasteiger partial charge in [0, 0.05) is 25.1 Å². The monoisotopic (exact) mass is 595 g/mol. The van der Waals surface area contributed by atoms with E-state index in [1.54, 1.807) is 12.1 Å². The lowest BCUT2D eigenvalue weighted by Gasteiger charge is -2.34. The average Bonchev–Trinajstić information content (AvgIpc) is 2.97. The number of aryl methyl sites for hydroxylation is 1. The predicted molar refractivity (Wildman–Crippen MR) is 165 cm³/mol. The standard InChI is InChI=1S/C32H41N3O6S/c1-7-24(3)33-32(37)29(19-25-14-9-8-10-15-25)34(21-26-16-12-11-13-23(26)2)31(36)22-35(42(6,38)39)28-20-27(40-4)17-18-30(28)41-5/h8-18,20,24,29H,7,19,21-22H2,1-6H3,(H,33,37)/t24-,29-/m0/s1. The molecule has 0 aliphatic rings. The number of benzene rings is 3. The first-order valence-corrected chi connectivity index (χ1v) is 15.7. The molecule has 3 aromatic carbocycles. The van der Waals surface area contributed by atoms with E-state index in [4.69, 9.17) is 9.47 Å². The minimum absolute atomic E-state index is 0.111. The van der Waals surface area contributed by atoms with Crippen LogP contribution in [-0.2, 0) is 32.6 Å². The zero-order valence-corrected chi connectivity index (χ0v) is 26.0. The molecule has 226 valence electrons. The number of nitrogens with zero attached hydrogens (tertiary/aromatic N) is 2. The summed E-state index contributed by atoms with van der Waals surface area (Å²) in [5.41, 5.74) is 2.83. The predicted octanol–water partition coefficient (Wildman–Crippen LogP) is 4.33. The van der Waals surface area contributed by atoms with Crippen molar-refractivity contribution in [2.24, 2.45) is 0 Å². The normalized spacial score (nSPS) is 12.6. The first-order chi connectivity index (χ1) is 20.0. The molecule has 2 amide bonds. The van der Waals surface area contributed by atoms with Crippen molar-refractivity contribution in [3.63, 3.8) is 0 Å². The number of nitrogens with one attached hydrogen (secondary N) is 1. The van der Waals surface area contributed by atoms with Gasteiger partial charge in [0.15, 0.2) is 0 Å². The third-order valence-electron chi connectivity index (χ3n) is 7.21. The number of hydrogen-bond donors (Lipinski definition) is 1. The molecule has 0 bridgehead atoms. The molecule has 42 heavy (non-hydrogen) atoms. The van der Waals surface area contributed by atoms with Crippen LogP contribution in [0.4, 0.5) is 5.69 Å². The second kappa shape index (κ2) is 14.7. The summed E-state index contributed by atoms with van der Waals surface area (Å²) in [5.74, 6) is -0.179. The Kier molecular flexibility index (Phi) is 11.4. The van der Waals surface area contributed by atoms with E-state index in [0.717, 1.165) is 27.3 Å². The zero-order chi connectivity index (χ0) is 30.9. The fourth-order valence-electron chi connectivity index (χ4n) is 4.55. The molecule has 0 heterocycles. The third-order valence-corrected chi connectivity index (χ3v) is 8.33. The molecule has 3 aromatic rings. The van der Waals surface area contributed by atoms with Crippen molar-refractivity contribution in [2.75, 3.05) is 31.3 Å². The van der Waals surface area contributed by atoms with Gasteiger partial charge in [-0.05, 0) is 49.1 Å². The van der Waals surface area contributed by atoms with Gasteiger partial charge in [0.2, 0.25) is 21.8 Å². The van der Waals surface area contributed by atoms with Crippen molar-refractivity contribution in [3.8, 4) is 11.5 Å². The molecule has 0 saturated carbocycles. The Labute approximate surface area is 249 Å². The molecule has 0 radical (unpaired) electrons. The van der Waals surface area contributed by atoms with Gasteiger partial charge in [0.25, 0.3) is 0 Å². The van der Waals surface area contributed by atoms with E-state index in [9.17, 15) is 18.0 Å². The summed E-state index contributed by atoms with van der Waals surface area (Å²) >= 11 is 0. The first-order valence-electron chi connectivity index (χ1n) is 13.9. The van der Waals surface area contributed by atoms with E-state index in [1.165, 1.54) is 25.2 Å². The Bertz CT molecular complexity index is 1460. The largest absolute Gasteiger partial charge is 0.497 e. The van der Waals surface area contributed by atoms with Crippen molar-refractivity contribution < 1.29 is 27.5 Å². The molecular formula is C32H41N3O6S. The minimum atomic E-state index is -3.96. The highest BCUT2D eigenvalue weighted by Crippen LogP contribution is 2.34. The van der Waals surface area contributed by atoms with Crippen LogP contribution in [0.25, 0.3) is 0 Å². The van der Waals surface area contributed by atoms with Crippen molar-refractivity contribution in [3.05, 3.63) is 89.5 Å². The molecule has 2 atom stereocenters. The van der Waals surface area contributed by atoms with Crippen molar-refractivity contribution in [1.29, 1.82) is 0 Å². The molecule has 1 N–H and O–H groups in total. The van der Waals surface area contributed by atoms with Gasteiger partial charge in [0.1, 0.15) is 24.1 Å². The van der Waals surface area contributed by atoms with E-state index in [1.807, 2.05) is 75.4 Å². The van der Waals surface area contributed by atoms with Gasteiger partial charge in [-0.3, -0.25) is 13.9 Å². The fourth-order valence-corrected chi connectivity index (χ4v) is 5.40. The van der Waals surface area contributed by atoms with E-state index < -0.39 is 28.5 Å². The van der Waals surface area contributed by atoms with Gasteiger partial charge in [0.05, 0.1) is 26.2 Å². The van der Waals surface area contributed by atoms with Crippen LogP contribution in [0, 0.1) is 6.92 Å². The Morgan fingerprint density at radius 2 is 1.62 bits per heavy atom. The van der Waals surface area contributed by atoms with Crippen LogP contribution in [0.1, 0.15) is 37.0 Å². The van der Waals surface area contributed by atoms with Gasteiger partial charge < -0.3 is 19.7 Å². The van der Waals surface area contributed by atoms with E-state index in [2.05, 4.69) is 5.32 Å². The lowest BCUT2D eigenvalue weighted by molar-refractivity contribution is -0.140. The quantitative estimate of drug-likeness (QED) is 0.298. The van der Waals surface area contributed by atoms with Gasteiger partial charge in [-0.2, -0.15) is 0 Å². The number of methoxy groups -OCH3 is 2. The number of amides is 2. The summed E-state index contributed by atoms with van der Waals surface area (Å²) in [6.45, 7) is 5.39. The highest BCUT2D eigenvalue weighted by Gasteiger charge is 2.34. The van der Waals surface area contributed by atoms with Crippen LogP contribution in [0.3, 0.4) is 0 Å². The maximum Gasteiger partial charge on any atom is 0.244 e. The van der Waals surface area contributed by atoms with Crippen molar-refractivity contribution in [1.82, 2.24) is 10.2 Å².